The van der Waals surface area contributed by atoms with Crippen LogP contribution < -0.4 is 16.0 Å². The molecule has 0 saturated heterocycles. The number of anilines is 2. The van der Waals surface area contributed by atoms with E-state index in [0.29, 0.717) is 0 Å². The van der Waals surface area contributed by atoms with Gasteiger partial charge in [0.15, 0.2) is 5.69 Å². The molecule has 0 spiro atoms. The van der Waals surface area contributed by atoms with Crippen molar-refractivity contribution in [3.63, 3.8) is 0 Å². The third-order valence-corrected chi connectivity index (χ3v) is 4.22. The van der Waals surface area contributed by atoms with Crippen LogP contribution in [-0.4, -0.2) is 20.1 Å². The van der Waals surface area contributed by atoms with Crippen molar-refractivity contribution in [1.82, 2.24) is 0 Å². The van der Waals surface area contributed by atoms with Crippen LogP contribution in [0.25, 0.3) is 21.7 Å². The van der Waals surface area contributed by atoms with E-state index in [1.165, 1.54) is 21.9 Å². The summed E-state index contributed by atoms with van der Waals surface area (Å²) in [5, 5.41) is 3.61. The fraction of sp³-hybridized carbons (Fsp3) is 0.188. The van der Waals surface area contributed by atoms with E-state index in [-0.39, 0.29) is 0 Å². The highest BCUT2D eigenvalue weighted by Crippen LogP contribution is 2.27. The Morgan fingerprint density at radius 2 is 1.50 bits per heavy atom. The number of nitrogen functional groups attached to an aromatic ring is 2. The van der Waals surface area contributed by atoms with Gasteiger partial charge >= 0.3 is 0 Å². The molecule has 3 aromatic rings. The smallest absolute Gasteiger partial charge is 0.217 e. The minimum Gasteiger partial charge on any atom is -0.726 e. The second-order valence-electron chi connectivity index (χ2n) is 5.30. The van der Waals surface area contributed by atoms with Crippen LogP contribution in [0, 0.1) is 6.92 Å². The van der Waals surface area contributed by atoms with Crippen molar-refractivity contribution in [3.05, 3.63) is 42.1 Å². The van der Waals surface area contributed by atoms with Crippen molar-refractivity contribution in [3.8, 4) is 0 Å². The Labute approximate surface area is 140 Å². The highest BCUT2D eigenvalue weighted by Gasteiger charge is 2.15. The fourth-order valence-corrected chi connectivity index (χ4v) is 2.51. The Bertz CT molecular complexity index is 950. The Hall–Kier alpha value is -2.42. The quantitative estimate of drug-likeness (QED) is 0.225. The zero-order chi connectivity index (χ0) is 18.1. The molecule has 7 nitrogen and oxygen atoms in total. The second kappa shape index (κ2) is 6.60. The van der Waals surface area contributed by atoms with Crippen LogP contribution in [0.3, 0.4) is 0 Å². The van der Waals surface area contributed by atoms with Gasteiger partial charge in [-0.3, -0.25) is 4.18 Å². The molecule has 0 unspecified atom stereocenters. The average molecular weight is 349 g/mol. The standard InChI is InChI=1S/C15H15N3.CH4O4S/c1-9-14-7-10(16)3-5-12(14)13-6-4-11(17)8-15(13)18(9)2;1-5-6(2,3)4/h3-8,17H,16H2,1-2H3;1H3,(H,2,3,4). The first kappa shape index (κ1) is 17.9. The normalized spacial score (nSPS) is 11.3. The van der Waals surface area contributed by atoms with E-state index in [1.807, 2.05) is 24.3 Å². The molecule has 4 N–H and O–H groups in total. The van der Waals surface area contributed by atoms with Crippen LogP contribution in [0.15, 0.2) is 36.4 Å². The van der Waals surface area contributed by atoms with Crippen LogP contribution in [0.2, 0.25) is 0 Å². The molecule has 0 aliphatic heterocycles. The summed E-state index contributed by atoms with van der Waals surface area (Å²) in [5.74, 6) is 0. The largest absolute Gasteiger partial charge is 0.726 e. The van der Waals surface area contributed by atoms with Crippen LogP contribution in [-0.2, 0) is 21.6 Å². The number of nitrogens with zero attached hydrogens (tertiary/aromatic N) is 1. The first-order valence-corrected chi connectivity index (χ1v) is 8.36. The van der Waals surface area contributed by atoms with Gasteiger partial charge < -0.3 is 16.0 Å². The van der Waals surface area contributed by atoms with Gasteiger partial charge in [0, 0.05) is 29.8 Å². The fourth-order valence-electron chi connectivity index (χ4n) is 2.51. The van der Waals surface area contributed by atoms with Crippen molar-refractivity contribution in [2.75, 3.05) is 18.6 Å². The molecule has 0 radical (unpaired) electrons. The second-order valence-corrected chi connectivity index (χ2v) is 6.45. The lowest BCUT2D eigenvalue weighted by atomic mass is 10.0. The van der Waals surface area contributed by atoms with E-state index < -0.39 is 10.4 Å². The number of hydrogen-bond acceptors (Lipinski definition) is 6. The third-order valence-electron chi connectivity index (χ3n) is 3.81. The van der Waals surface area contributed by atoms with Gasteiger partial charge in [0.05, 0.1) is 17.9 Å². The summed E-state index contributed by atoms with van der Waals surface area (Å²) < 4.78 is 33.2. The maximum Gasteiger partial charge on any atom is 0.217 e. The Balaban J connectivity index is 0.000000301. The van der Waals surface area contributed by atoms with E-state index in [0.717, 1.165) is 24.0 Å². The van der Waals surface area contributed by atoms with Gasteiger partial charge in [-0.15, -0.1) is 0 Å². The van der Waals surface area contributed by atoms with Gasteiger partial charge in [-0.1, -0.05) is 6.07 Å². The molecule has 3 rings (SSSR count). The minimum atomic E-state index is -4.41. The van der Waals surface area contributed by atoms with Gasteiger partial charge in [-0.2, -0.15) is 4.57 Å². The summed E-state index contributed by atoms with van der Waals surface area (Å²) in [5.41, 5.74) is 15.7. The molecule has 0 aliphatic carbocycles. The Kier molecular flexibility index (Phi) is 4.93. The number of pyridine rings is 1. The molecular weight excluding hydrogens is 330 g/mol. The van der Waals surface area contributed by atoms with Crippen molar-refractivity contribution in [2.24, 2.45) is 7.05 Å². The molecule has 0 bridgehead atoms. The molecule has 2 aromatic carbocycles. The molecule has 0 amide bonds. The average Bonchev–Trinajstić information content (AvgIpc) is 2.52. The van der Waals surface area contributed by atoms with Crippen LogP contribution in [0.1, 0.15) is 5.69 Å². The van der Waals surface area contributed by atoms with E-state index in [1.54, 1.807) is 0 Å². The zero-order valence-electron chi connectivity index (χ0n) is 13.6. The number of aromatic nitrogens is 1. The van der Waals surface area contributed by atoms with E-state index in [4.69, 9.17) is 11.5 Å². The van der Waals surface area contributed by atoms with Crippen molar-refractivity contribution >= 4 is 43.4 Å². The molecule has 1 aromatic heterocycles. The monoisotopic (exact) mass is 349 g/mol. The summed E-state index contributed by atoms with van der Waals surface area (Å²) in [7, 11) is -1.55. The lowest BCUT2D eigenvalue weighted by molar-refractivity contribution is -0.649. The van der Waals surface area contributed by atoms with Gasteiger partial charge in [0.2, 0.25) is 15.9 Å². The Morgan fingerprint density at radius 3 is 2.04 bits per heavy atom. The van der Waals surface area contributed by atoms with Crippen LogP contribution in [0.5, 0.6) is 0 Å². The van der Waals surface area contributed by atoms with Gasteiger partial charge in [-0.05, 0) is 24.3 Å². The summed E-state index contributed by atoms with van der Waals surface area (Å²) in [4.78, 5) is 0. The van der Waals surface area contributed by atoms with Crippen LogP contribution in [0.4, 0.5) is 11.4 Å². The predicted octanol–water partition coefficient (Wildman–Crippen LogP) is 1.38. The van der Waals surface area contributed by atoms with E-state index in [9.17, 15) is 13.0 Å². The molecule has 0 aliphatic rings. The van der Waals surface area contributed by atoms with E-state index in [2.05, 4.69) is 34.9 Å². The molecule has 0 saturated carbocycles. The summed E-state index contributed by atoms with van der Waals surface area (Å²) in [6.45, 7) is 2.10. The van der Waals surface area contributed by atoms with E-state index >= 15 is 0 Å². The maximum absolute atomic E-state index is 9.22. The lowest BCUT2D eigenvalue weighted by Crippen LogP contribution is -2.33. The number of rotatable bonds is 1. The minimum absolute atomic E-state index is 0.785. The molecule has 24 heavy (non-hydrogen) atoms. The number of benzene rings is 2. The number of nitrogens with two attached hydrogens (primary N) is 2. The van der Waals surface area contributed by atoms with Gasteiger partial charge in [0.25, 0.3) is 0 Å². The highest BCUT2D eigenvalue weighted by molar-refractivity contribution is 7.80. The first-order valence-electron chi connectivity index (χ1n) is 7.02. The Morgan fingerprint density at radius 1 is 1.00 bits per heavy atom. The zero-order valence-corrected chi connectivity index (χ0v) is 14.4. The van der Waals surface area contributed by atoms with Crippen molar-refractivity contribution in [1.29, 1.82) is 0 Å². The summed E-state index contributed by atoms with van der Waals surface area (Å²) in [6.07, 6.45) is 0. The third kappa shape index (κ3) is 3.73. The lowest BCUT2D eigenvalue weighted by Gasteiger charge is -2.07. The molecule has 0 fully saturated rings. The molecule has 0 atom stereocenters. The van der Waals surface area contributed by atoms with Crippen molar-refractivity contribution < 1.29 is 21.7 Å². The summed E-state index contributed by atoms with van der Waals surface area (Å²) in [6, 6.07) is 12.1. The molecule has 128 valence electrons. The first-order chi connectivity index (χ1) is 11.1. The van der Waals surface area contributed by atoms with Gasteiger partial charge in [-0.25, -0.2) is 8.42 Å². The van der Waals surface area contributed by atoms with Crippen LogP contribution >= 0.6 is 0 Å². The highest BCUT2D eigenvalue weighted by atomic mass is 32.3. The topological polar surface area (TPSA) is 122 Å². The number of fused-ring (bicyclic) bond motifs is 3. The number of hydrogen-bond donors (Lipinski definition) is 2. The van der Waals surface area contributed by atoms with Gasteiger partial charge in [0.1, 0.15) is 7.05 Å². The van der Waals surface area contributed by atoms with Crippen molar-refractivity contribution in [2.45, 2.75) is 6.92 Å². The predicted molar refractivity (Wildman–Crippen MR) is 92.9 cm³/mol. The SMILES string of the molecule is COS(=O)(=O)[O-].Cc1c2cc(N)ccc2c2ccc(N)cc2[n+]1C. The molecule has 8 heteroatoms. The molecule has 1 heterocycles. The maximum atomic E-state index is 9.22. The number of aryl methyl sites for hydroxylation is 2. The summed E-state index contributed by atoms with van der Waals surface area (Å²) >= 11 is 0. The molecular formula is C16H19N3O4S.